The van der Waals surface area contributed by atoms with E-state index in [2.05, 4.69) is 10.3 Å². The Morgan fingerprint density at radius 3 is 2.81 bits per heavy atom. The summed E-state index contributed by atoms with van der Waals surface area (Å²) in [7, 11) is -0.221. The number of aromatic nitrogens is 1. The maximum atomic E-state index is 12.0. The first-order valence-corrected chi connectivity index (χ1v) is 8.14. The lowest BCUT2D eigenvalue weighted by molar-refractivity contribution is 0.187. The van der Waals surface area contributed by atoms with Gasteiger partial charge in [0.25, 0.3) is 0 Å². The summed E-state index contributed by atoms with van der Waals surface area (Å²) in [5, 5.41) is 11.9. The van der Waals surface area contributed by atoms with Crippen molar-refractivity contribution in [3.05, 3.63) is 23.9 Å². The zero-order chi connectivity index (χ0) is 15.5. The van der Waals surface area contributed by atoms with Crippen LogP contribution in [-0.2, 0) is 14.8 Å². The second-order valence-electron chi connectivity index (χ2n) is 5.15. The van der Waals surface area contributed by atoms with Crippen molar-refractivity contribution in [3.63, 3.8) is 0 Å². The van der Waals surface area contributed by atoms with Gasteiger partial charge in [-0.3, -0.25) is 0 Å². The van der Waals surface area contributed by atoms with Gasteiger partial charge in [0.05, 0.1) is 30.6 Å². The Morgan fingerprint density at radius 1 is 1.48 bits per heavy atom. The number of sulfonamides is 1. The third-order valence-electron chi connectivity index (χ3n) is 3.41. The molecule has 0 saturated carbocycles. The molecule has 1 aromatic heterocycles. The van der Waals surface area contributed by atoms with Crippen LogP contribution >= 0.6 is 0 Å². The van der Waals surface area contributed by atoms with Crippen LogP contribution in [0.1, 0.15) is 5.56 Å². The Labute approximate surface area is 124 Å². The SMILES string of the molecule is CN(C)S(=O)(=O)C[C@@H]1COC[C@H]1Nc1ccc(C#N)cn1. The molecule has 0 aromatic carbocycles. The molecule has 0 radical (unpaired) electrons. The van der Waals surface area contributed by atoms with Gasteiger partial charge in [0.1, 0.15) is 11.9 Å². The molecule has 1 saturated heterocycles. The zero-order valence-corrected chi connectivity index (χ0v) is 12.8. The van der Waals surface area contributed by atoms with Crippen LogP contribution < -0.4 is 5.32 Å². The molecule has 1 N–H and O–H groups in total. The molecule has 1 aliphatic rings. The highest BCUT2D eigenvalue weighted by Gasteiger charge is 2.33. The standard InChI is InChI=1S/C13H18N4O3S/c1-17(2)21(18,19)9-11-7-20-8-12(11)16-13-4-3-10(5-14)6-15-13/h3-4,6,11-12H,7-9H2,1-2H3,(H,15,16)/t11-,12+/m0/s1. The molecule has 8 heteroatoms. The van der Waals surface area contributed by atoms with Gasteiger partial charge in [0.15, 0.2) is 0 Å². The normalized spacial score (nSPS) is 22.2. The van der Waals surface area contributed by atoms with Gasteiger partial charge in [-0.25, -0.2) is 17.7 Å². The van der Waals surface area contributed by atoms with Crippen LogP contribution in [0.25, 0.3) is 0 Å². The molecule has 2 atom stereocenters. The quantitative estimate of drug-likeness (QED) is 0.839. The fourth-order valence-corrected chi connectivity index (χ4v) is 3.25. The maximum Gasteiger partial charge on any atom is 0.214 e. The van der Waals surface area contributed by atoms with Gasteiger partial charge in [-0.1, -0.05) is 0 Å². The fourth-order valence-electron chi connectivity index (χ4n) is 2.08. The highest BCUT2D eigenvalue weighted by Crippen LogP contribution is 2.20. The predicted octanol–water partition coefficient (Wildman–Crippen LogP) is 0.272. The number of ether oxygens (including phenoxy) is 1. The maximum absolute atomic E-state index is 12.0. The highest BCUT2D eigenvalue weighted by molar-refractivity contribution is 7.89. The summed E-state index contributed by atoms with van der Waals surface area (Å²) in [6.45, 7) is 0.844. The topological polar surface area (TPSA) is 95.3 Å². The molecule has 2 heterocycles. The fraction of sp³-hybridized carbons (Fsp3) is 0.538. The van der Waals surface area contributed by atoms with E-state index in [9.17, 15) is 8.42 Å². The number of anilines is 1. The Hall–Kier alpha value is -1.69. The molecular weight excluding hydrogens is 292 g/mol. The van der Waals surface area contributed by atoms with Crippen LogP contribution in [0.4, 0.5) is 5.82 Å². The second-order valence-corrected chi connectivity index (χ2v) is 7.38. The first-order valence-electron chi connectivity index (χ1n) is 6.53. The van der Waals surface area contributed by atoms with Gasteiger partial charge < -0.3 is 10.1 Å². The highest BCUT2D eigenvalue weighted by atomic mass is 32.2. The summed E-state index contributed by atoms with van der Waals surface area (Å²) in [4.78, 5) is 4.13. The Kier molecular flexibility index (Phi) is 4.77. The van der Waals surface area contributed by atoms with Crippen molar-refractivity contribution in [2.75, 3.05) is 38.4 Å². The molecule has 0 amide bonds. The van der Waals surface area contributed by atoms with Crippen molar-refractivity contribution in [2.45, 2.75) is 6.04 Å². The van der Waals surface area contributed by atoms with Gasteiger partial charge >= 0.3 is 0 Å². The molecule has 1 aliphatic heterocycles. The van der Waals surface area contributed by atoms with Gasteiger partial charge in [-0.15, -0.1) is 0 Å². The number of rotatable bonds is 5. The van der Waals surface area contributed by atoms with E-state index in [0.29, 0.717) is 24.6 Å². The van der Waals surface area contributed by atoms with Gasteiger partial charge in [0, 0.05) is 26.2 Å². The number of hydrogen-bond donors (Lipinski definition) is 1. The monoisotopic (exact) mass is 310 g/mol. The first-order chi connectivity index (χ1) is 9.92. The molecule has 1 fully saturated rings. The van der Waals surface area contributed by atoms with E-state index in [1.165, 1.54) is 24.6 Å². The van der Waals surface area contributed by atoms with Crippen LogP contribution in [0.3, 0.4) is 0 Å². The number of pyridine rings is 1. The van der Waals surface area contributed by atoms with E-state index in [0.717, 1.165) is 0 Å². The lowest BCUT2D eigenvalue weighted by Crippen LogP contribution is -2.36. The molecule has 21 heavy (non-hydrogen) atoms. The van der Waals surface area contributed by atoms with Crippen LogP contribution in [-0.4, -0.2) is 56.8 Å². The Bertz CT molecular complexity index is 622. The van der Waals surface area contributed by atoms with Crippen LogP contribution in [0, 0.1) is 17.2 Å². The lowest BCUT2D eigenvalue weighted by atomic mass is 10.1. The molecule has 0 spiro atoms. The van der Waals surface area contributed by atoms with Crippen molar-refractivity contribution in [2.24, 2.45) is 5.92 Å². The van der Waals surface area contributed by atoms with Crippen molar-refractivity contribution in [3.8, 4) is 6.07 Å². The van der Waals surface area contributed by atoms with E-state index in [1.54, 1.807) is 12.1 Å². The summed E-state index contributed by atoms with van der Waals surface area (Å²) >= 11 is 0. The average Bonchev–Trinajstić information content (AvgIpc) is 2.86. The predicted molar refractivity (Wildman–Crippen MR) is 78.1 cm³/mol. The molecular formula is C13H18N4O3S. The summed E-state index contributed by atoms with van der Waals surface area (Å²) < 4.78 is 30.5. The van der Waals surface area contributed by atoms with Crippen molar-refractivity contribution < 1.29 is 13.2 Å². The van der Waals surface area contributed by atoms with Gasteiger partial charge in [-0.2, -0.15) is 5.26 Å². The van der Waals surface area contributed by atoms with E-state index in [4.69, 9.17) is 10.00 Å². The number of nitriles is 1. The zero-order valence-electron chi connectivity index (χ0n) is 12.0. The Morgan fingerprint density at radius 2 is 2.24 bits per heavy atom. The van der Waals surface area contributed by atoms with E-state index in [-0.39, 0.29) is 17.7 Å². The number of nitrogens with zero attached hydrogens (tertiary/aromatic N) is 3. The molecule has 0 unspecified atom stereocenters. The number of nitrogens with one attached hydrogen (secondary N) is 1. The largest absolute Gasteiger partial charge is 0.379 e. The van der Waals surface area contributed by atoms with Gasteiger partial charge in [0.2, 0.25) is 10.0 Å². The van der Waals surface area contributed by atoms with Crippen LogP contribution in [0.2, 0.25) is 0 Å². The molecule has 0 aliphatic carbocycles. The Balaban J connectivity index is 2.03. The summed E-state index contributed by atoms with van der Waals surface area (Å²) in [6, 6.07) is 5.26. The van der Waals surface area contributed by atoms with Crippen LogP contribution in [0.5, 0.6) is 0 Å². The van der Waals surface area contributed by atoms with E-state index >= 15 is 0 Å². The minimum atomic E-state index is -3.27. The summed E-state index contributed by atoms with van der Waals surface area (Å²) in [5.74, 6) is 0.514. The molecule has 2 rings (SSSR count). The van der Waals surface area contributed by atoms with Crippen LogP contribution in [0.15, 0.2) is 18.3 Å². The summed E-state index contributed by atoms with van der Waals surface area (Å²) in [5.41, 5.74) is 0.481. The minimum Gasteiger partial charge on any atom is -0.379 e. The van der Waals surface area contributed by atoms with E-state index < -0.39 is 10.0 Å². The smallest absolute Gasteiger partial charge is 0.214 e. The van der Waals surface area contributed by atoms with Gasteiger partial charge in [-0.05, 0) is 12.1 Å². The van der Waals surface area contributed by atoms with Crippen molar-refractivity contribution >= 4 is 15.8 Å². The average molecular weight is 310 g/mol. The minimum absolute atomic E-state index is 0.0357. The lowest BCUT2D eigenvalue weighted by Gasteiger charge is -2.21. The van der Waals surface area contributed by atoms with E-state index in [1.807, 2.05) is 6.07 Å². The van der Waals surface area contributed by atoms with Crippen molar-refractivity contribution in [1.29, 1.82) is 5.26 Å². The third kappa shape index (κ3) is 3.91. The number of hydrogen-bond acceptors (Lipinski definition) is 6. The third-order valence-corrected chi connectivity index (χ3v) is 5.37. The molecule has 7 nitrogen and oxygen atoms in total. The molecule has 1 aromatic rings. The summed E-state index contributed by atoms with van der Waals surface area (Å²) in [6.07, 6.45) is 1.48. The molecule has 0 bridgehead atoms. The second kappa shape index (κ2) is 6.39. The first kappa shape index (κ1) is 15.7. The van der Waals surface area contributed by atoms with Crippen molar-refractivity contribution in [1.82, 2.24) is 9.29 Å². The molecule has 114 valence electrons.